The fourth-order valence-corrected chi connectivity index (χ4v) is 9.23. The normalized spacial score (nSPS) is 19.3. The zero-order valence-corrected chi connectivity index (χ0v) is 40.1. The molecule has 12 heteroatoms. The monoisotopic (exact) mass is 872 g/mol. The molecule has 2 aliphatic heterocycles. The number of amides is 5. The first-order valence-corrected chi connectivity index (χ1v) is 23.4. The third kappa shape index (κ3) is 13.5. The second kappa shape index (κ2) is 23.4. The van der Waals surface area contributed by atoms with Crippen LogP contribution in [0, 0.1) is 29.1 Å². The summed E-state index contributed by atoms with van der Waals surface area (Å²) in [6.07, 6.45) is 6.72. The molecule has 0 bridgehead atoms. The first-order chi connectivity index (χ1) is 29.8. The number of hydrogen-bond acceptors (Lipinski definition) is 7. The summed E-state index contributed by atoms with van der Waals surface area (Å²) in [5, 5.41) is 3.07. The van der Waals surface area contributed by atoms with E-state index < -0.39 is 36.0 Å². The van der Waals surface area contributed by atoms with Gasteiger partial charge in [-0.1, -0.05) is 109 Å². The van der Waals surface area contributed by atoms with E-state index in [2.05, 4.69) is 33.0 Å². The van der Waals surface area contributed by atoms with Crippen molar-refractivity contribution in [2.45, 2.75) is 143 Å². The minimum atomic E-state index is -0.978. The Balaban J connectivity index is 1.45. The van der Waals surface area contributed by atoms with Gasteiger partial charge in [-0.05, 0) is 85.8 Å². The number of rotatable bonds is 20. The predicted molar refractivity (Wildman–Crippen MR) is 248 cm³/mol. The summed E-state index contributed by atoms with van der Waals surface area (Å²) in [7, 11) is 4.92. The molecule has 348 valence electrons. The molecule has 0 radical (unpaired) electrons. The van der Waals surface area contributed by atoms with Gasteiger partial charge in [0.05, 0.1) is 12.1 Å². The summed E-state index contributed by atoms with van der Waals surface area (Å²) in [6, 6.07) is 14.6. The van der Waals surface area contributed by atoms with Gasteiger partial charge in [-0.25, -0.2) is 0 Å². The predicted octanol–water partition coefficient (Wildman–Crippen LogP) is 7.03. The van der Waals surface area contributed by atoms with Crippen LogP contribution in [0.1, 0.15) is 112 Å². The van der Waals surface area contributed by atoms with Crippen LogP contribution in [0.4, 0.5) is 0 Å². The summed E-state index contributed by atoms with van der Waals surface area (Å²) in [5.41, 5.74) is 2.97. The molecule has 2 aromatic carbocycles. The molecule has 2 aliphatic rings. The minimum absolute atomic E-state index is 0.0453. The first kappa shape index (κ1) is 51.1. The maximum Gasteiger partial charge on any atom is 0.246 e. The smallest absolute Gasteiger partial charge is 0.246 e. The highest BCUT2D eigenvalue weighted by Gasteiger charge is 2.41. The second-order valence-electron chi connectivity index (χ2n) is 19.6. The van der Waals surface area contributed by atoms with Crippen molar-refractivity contribution in [2.24, 2.45) is 29.1 Å². The Kier molecular flexibility index (Phi) is 18.9. The first-order valence-electron chi connectivity index (χ1n) is 23.4. The van der Waals surface area contributed by atoms with Gasteiger partial charge in [0.25, 0.3) is 0 Å². The number of likely N-dealkylation sites (N-methyl/N-ethyl adjacent to an activating group) is 2. The standard InChI is InChI=1S/C51H77N5O7/c1-12-35(3)45(50(62)56-28-16-19-42(56)33-57)54(10)48(60)37(5)53(9)49(61)43(32-38-22-24-40(25-23-38)39-17-14-13-15-18-39)52-46(58)41-26-29-55(30-27-41)47(59)36(4)21-20-34(2)31-44(63-11)51(6,7)8/h13-15,17-18,22-25,33-37,41-45H,12,16,19-21,26-32H2,1-11H3,(H,52,58)/t34?,35?,36-,37?,42+,43+,44+,45+/m1/s1. The van der Waals surface area contributed by atoms with Gasteiger partial charge in [0, 0.05) is 59.1 Å². The number of benzene rings is 2. The Morgan fingerprint density at radius 2 is 1.44 bits per heavy atom. The van der Waals surface area contributed by atoms with Crippen LogP contribution in [0.25, 0.3) is 11.1 Å². The molecule has 2 heterocycles. The molecule has 8 atom stereocenters. The third-order valence-corrected chi connectivity index (χ3v) is 13.9. The third-order valence-electron chi connectivity index (χ3n) is 13.9. The fourth-order valence-electron chi connectivity index (χ4n) is 9.23. The number of carbonyl (C=O) groups is 6. The molecule has 2 aromatic rings. The number of aldehydes is 1. The molecule has 0 saturated carbocycles. The number of piperidine rings is 1. The number of ether oxygens (including phenoxy) is 1. The van der Waals surface area contributed by atoms with Crippen LogP contribution < -0.4 is 5.32 Å². The lowest BCUT2D eigenvalue weighted by Crippen LogP contribution is -2.59. The summed E-state index contributed by atoms with van der Waals surface area (Å²) < 4.78 is 5.77. The average Bonchev–Trinajstić information content (AvgIpc) is 3.78. The highest BCUT2D eigenvalue weighted by Crippen LogP contribution is 2.30. The van der Waals surface area contributed by atoms with Crippen molar-refractivity contribution in [3.63, 3.8) is 0 Å². The van der Waals surface area contributed by atoms with Gasteiger partial charge < -0.3 is 34.4 Å². The quantitative estimate of drug-likeness (QED) is 0.141. The van der Waals surface area contributed by atoms with E-state index in [0.29, 0.717) is 51.2 Å². The largest absolute Gasteiger partial charge is 0.381 e. The molecular weight excluding hydrogens is 795 g/mol. The molecule has 1 N–H and O–H groups in total. The van der Waals surface area contributed by atoms with Crippen molar-refractivity contribution in [2.75, 3.05) is 40.8 Å². The average molecular weight is 872 g/mol. The van der Waals surface area contributed by atoms with Crippen LogP contribution in [-0.4, -0.2) is 127 Å². The van der Waals surface area contributed by atoms with Crippen molar-refractivity contribution in [1.82, 2.24) is 24.9 Å². The molecule has 63 heavy (non-hydrogen) atoms. The Bertz CT molecular complexity index is 1820. The Labute approximate surface area is 377 Å². The van der Waals surface area contributed by atoms with E-state index in [1.807, 2.05) is 80.3 Å². The fraction of sp³-hybridized carbons (Fsp3) is 0.647. The van der Waals surface area contributed by atoms with Gasteiger partial charge in [0.15, 0.2) is 0 Å². The van der Waals surface area contributed by atoms with Crippen molar-refractivity contribution in [3.05, 3.63) is 60.2 Å². The van der Waals surface area contributed by atoms with E-state index >= 15 is 0 Å². The molecule has 12 nitrogen and oxygen atoms in total. The Morgan fingerprint density at radius 1 is 0.825 bits per heavy atom. The number of nitrogens with zero attached hydrogens (tertiary/aromatic N) is 4. The van der Waals surface area contributed by atoms with Crippen LogP contribution in [0.5, 0.6) is 0 Å². The lowest BCUT2D eigenvalue weighted by molar-refractivity contribution is -0.152. The van der Waals surface area contributed by atoms with Gasteiger partial charge in [0.2, 0.25) is 29.5 Å². The number of likely N-dealkylation sites (tertiary alicyclic amines) is 2. The molecular formula is C51H77N5O7. The summed E-state index contributed by atoms with van der Waals surface area (Å²) in [5.74, 6) is -1.53. The Morgan fingerprint density at radius 3 is 2.02 bits per heavy atom. The molecule has 0 aliphatic carbocycles. The molecule has 3 unspecified atom stereocenters. The van der Waals surface area contributed by atoms with E-state index in [-0.39, 0.29) is 53.4 Å². The number of nitrogens with one attached hydrogen (secondary N) is 1. The molecule has 0 spiro atoms. The maximum absolute atomic E-state index is 14.5. The highest BCUT2D eigenvalue weighted by atomic mass is 16.5. The van der Waals surface area contributed by atoms with Crippen molar-refractivity contribution >= 4 is 35.8 Å². The van der Waals surface area contributed by atoms with E-state index in [1.165, 1.54) is 9.80 Å². The van der Waals surface area contributed by atoms with Gasteiger partial charge in [-0.15, -0.1) is 0 Å². The van der Waals surface area contributed by atoms with E-state index in [0.717, 1.165) is 48.7 Å². The number of methoxy groups -OCH3 is 1. The van der Waals surface area contributed by atoms with E-state index in [9.17, 15) is 28.8 Å². The molecule has 2 fully saturated rings. The summed E-state index contributed by atoms with van der Waals surface area (Å²) in [4.78, 5) is 88.3. The van der Waals surface area contributed by atoms with Gasteiger partial charge >= 0.3 is 0 Å². The maximum atomic E-state index is 14.5. The van der Waals surface area contributed by atoms with E-state index in [1.54, 1.807) is 33.0 Å². The molecule has 0 aromatic heterocycles. The van der Waals surface area contributed by atoms with E-state index in [4.69, 9.17) is 4.74 Å². The van der Waals surface area contributed by atoms with Crippen LogP contribution in [-0.2, 0) is 39.9 Å². The van der Waals surface area contributed by atoms with Crippen LogP contribution in [0.2, 0.25) is 0 Å². The van der Waals surface area contributed by atoms with Gasteiger partial charge in [-0.2, -0.15) is 0 Å². The second-order valence-corrected chi connectivity index (χ2v) is 19.6. The van der Waals surface area contributed by atoms with Gasteiger partial charge in [-0.3, -0.25) is 24.0 Å². The number of carbonyl (C=O) groups excluding carboxylic acids is 6. The minimum Gasteiger partial charge on any atom is -0.381 e. The Hall–Kier alpha value is -4.58. The van der Waals surface area contributed by atoms with Gasteiger partial charge in [0.1, 0.15) is 24.4 Å². The van der Waals surface area contributed by atoms with Crippen LogP contribution >= 0.6 is 0 Å². The SMILES string of the molecule is CCC(C)[C@@H](C(=O)N1CCC[C@H]1C=O)N(C)C(=O)C(C)N(C)C(=O)[C@H](Cc1ccc(-c2ccccc2)cc1)NC(=O)C1CCN(C(=O)[C@H](C)CCC(C)C[C@H](OC)C(C)(C)C)CC1. The molecule has 2 saturated heterocycles. The lowest BCUT2D eigenvalue weighted by atomic mass is 9.82. The van der Waals surface area contributed by atoms with Crippen molar-refractivity contribution in [1.29, 1.82) is 0 Å². The lowest BCUT2D eigenvalue weighted by Gasteiger charge is -2.38. The highest BCUT2D eigenvalue weighted by molar-refractivity contribution is 5.95. The topological polar surface area (TPSA) is 137 Å². The van der Waals surface area contributed by atoms with Crippen LogP contribution in [0.15, 0.2) is 54.6 Å². The van der Waals surface area contributed by atoms with Crippen molar-refractivity contribution < 1.29 is 33.5 Å². The van der Waals surface area contributed by atoms with Crippen molar-refractivity contribution in [3.8, 4) is 11.1 Å². The van der Waals surface area contributed by atoms with Crippen LogP contribution in [0.3, 0.4) is 0 Å². The summed E-state index contributed by atoms with van der Waals surface area (Å²) >= 11 is 0. The molecule has 5 amide bonds. The summed E-state index contributed by atoms with van der Waals surface area (Å²) in [6.45, 7) is 17.7. The number of hydrogen-bond donors (Lipinski definition) is 1. The zero-order valence-electron chi connectivity index (χ0n) is 40.1. The zero-order chi connectivity index (χ0) is 46.6. The molecule has 4 rings (SSSR count).